The number of methoxy groups -OCH3 is 1. The van der Waals surface area contributed by atoms with Crippen LogP contribution < -0.4 is 10.5 Å². The lowest BCUT2D eigenvalue weighted by Gasteiger charge is -2.18. The summed E-state index contributed by atoms with van der Waals surface area (Å²) in [7, 11) is 1.62. The van der Waals surface area contributed by atoms with E-state index in [0.29, 0.717) is 13.2 Å². The standard InChI is InChI=1S/C16H27NO4/c1-11-5-14(7-17)6-12(2)16(11)21-10-15(18)9-20-13(3)8-19-4/h5-6,13,15,18H,7-10,17H2,1-4H3. The van der Waals surface area contributed by atoms with Crippen LogP contribution in [0.5, 0.6) is 5.75 Å². The van der Waals surface area contributed by atoms with E-state index >= 15 is 0 Å². The summed E-state index contributed by atoms with van der Waals surface area (Å²) in [6.45, 7) is 7.29. The van der Waals surface area contributed by atoms with E-state index in [9.17, 15) is 5.11 Å². The number of nitrogens with two attached hydrogens (primary N) is 1. The number of hydrogen-bond acceptors (Lipinski definition) is 5. The maximum atomic E-state index is 9.90. The van der Waals surface area contributed by atoms with Crippen LogP contribution in [0.1, 0.15) is 23.6 Å². The second-order valence-electron chi connectivity index (χ2n) is 5.33. The van der Waals surface area contributed by atoms with E-state index in [2.05, 4.69) is 0 Å². The topological polar surface area (TPSA) is 73.9 Å². The molecule has 0 aliphatic rings. The molecule has 0 bridgehead atoms. The Morgan fingerprint density at radius 1 is 1.14 bits per heavy atom. The zero-order chi connectivity index (χ0) is 15.8. The number of hydrogen-bond donors (Lipinski definition) is 2. The van der Waals surface area contributed by atoms with E-state index in [1.807, 2.05) is 32.9 Å². The van der Waals surface area contributed by atoms with Crippen molar-refractivity contribution in [3.8, 4) is 5.75 Å². The molecule has 0 amide bonds. The molecule has 0 saturated carbocycles. The van der Waals surface area contributed by atoms with Gasteiger partial charge in [0.25, 0.3) is 0 Å². The maximum absolute atomic E-state index is 9.90. The molecular weight excluding hydrogens is 270 g/mol. The highest BCUT2D eigenvalue weighted by molar-refractivity contribution is 5.43. The predicted molar refractivity (Wildman–Crippen MR) is 82.6 cm³/mol. The Labute approximate surface area is 127 Å². The van der Waals surface area contributed by atoms with Crippen LogP contribution in [-0.4, -0.2) is 44.2 Å². The number of aryl methyl sites for hydroxylation is 2. The average molecular weight is 297 g/mol. The van der Waals surface area contributed by atoms with Gasteiger partial charge in [0, 0.05) is 13.7 Å². The maximum Gasteiger partial charge on any atom is 0.125 e. The van der Waals surface area contributed by atoms with Crippen molar-refractivity contribution in [2.45, 2.75) is 39.5 Å². The van der Waals surface area contributed by atoms with Gasteiger partial charge in [-0.1, -0.05) is 12.1 Å². The zero-order valence-corrected chi connectivity index (χ0v) is 13.4. The fourth-order valence-electron chi connectivity index (χ4n) is 2.17. The molecule has 1 aromatic carbocycles. The van der Waals surface area contributed by atoms with Gasteiger partial charge in [-0.05, 0) is 37.5 Å². The number of aliphatic hydroxyl groups is 1. The Kier molecular flexibility index (Phi) is 7.67. The monoisotopic (exact) mass is 297 g/mol. The van der Waals surface area contributed by atoms with E-state index in [4.69, 9.17) is 19.9 Å². The van der Waals surface area contributed by atoms with Crippen molar-refractivity contribution in [1.29, 1.82) is 0 Å². The van der Waals surface area contributed by atoms with Crippen LogP contribution in [0, 0.1) is 13.8 Å². The van der Waals surface area contributed by atoms with Crippen molar-refractivity contribution in [2.24, 2.45) is 5.73 Å². The summed E-state index contributed by atoms with van der Waals surface area (Å²) in [6, 6.07) is 4.01. The van der Waals surface area contributed by atoms with Crippen molar-refractivity contribution in [3.05, 3.63) is 28.8 Å². The molecule has 0 radical (unpaired) electrons. The third-order valence-electron chi connectivity index (χ3n) is 3.15. The highest BCUT2D eigenvalue weighted by Crippen LogP contribution is 2.24. The van der Waals surface area contributed by atoms with Gasteiger partial charge in [0.05, 0.1) is 19.3 Å². The fraction of sp³-hybridized carbons (Fsp3) is 0.625. The first-order chi connectivity index (χ1) is 9.97. The highest BCUT2D eigenvalue weighted by Gasteiger charge is 2.11. The van der Waals surface area contributed by atoms with Gasteiger partial charge >= 0.3 is 0 Å². The van der Waals surface area contributed by atoms with Gasteiger partial charge in [0.15, 0.2) is 0 Å². The third-order valence-corrected chi connectivity index (χ3v) is 3.15. The number of benzene rings is 1. The number of rotatable bonds is 9. The van der Waals surface area contributed by atoms with Crippen LogP contribution in [0.15, 0.2) is 12.1 Å². The summed E-state index contributed by atoms with van der Waals surface area (Å²) in [5, 5.41) is 9.90. The van der Waals surface area contributed by atoms with E-state index in [0.717, 1.165) is 22.4 Å². The van der Waals surface area contributed by atoms with E-state index in [-0.39, 0.29) is 19.3 Å². The molecule has 0 aromatic heterocycles. The SMILES string of the molecule is COCC(C)OCC(O)COc1c(C)cc(CN)cc1C. The highest BCUT2D eigenvalue weighted by atomic mass is 16.5. The van der Waals surface area contributed by atoms with Crippen LogP contribution >= 0.6 is 0 Å². The summed E-state index contributed by atoms with van der Waals surface area (Å²) in [5.74, 6) is 0.802. The molecule has 0 saturated heterocycles. The van der Waals surface area contributed by atoms with Gasteiger partial charge in [-0.2, -0.15) is 0 Å². The molecule has 5 heteroatoms. The molecule has 2 unspecified atom stereocenters. The molecule has 120 valence electrons. The van der Waals surface area contributed by atoms with Gasteiger partial charge in [0.1, 0.15) is 18.5 Å². The Morgan fingerprint density at radius 3 is 2.29 bits per heavy atom. The first-order valence-electron chi connectivity index (χ1n) is 7.19. The van der Waals surface area contributed by atoms with Crippen LogP contribution in [0.4, 0.5) is 0 Å². The van der Waals surface area contributed by atoms with Gasteiger partial charge in [0.2, 0.25) is 0 Å². The molecule has 21 heavy (non-hydrogen) atoms. The second-order valence-corrected chi connectivity index (χ2v) is 5.33. The van der Waals surface area contributed by atoms with Crippen LogP contribution in [0.25, 0.3) is 0 Å². The smallest absolute Gasteiger partial charge is 0.125 e. The summed E-state index contributed by atoms with van der Waals surface area (Å²) in [6.07, 6.45) is -0.714. The predicted octanol–water partition coefficient (Wildman–Crippen LogP) is 1.55. The molecule has 0 spiro atoms. The van der Waals surface area contributed by atoms with Gasteiger partial charge in [-0.3, -0.25) is 0 Å². The molecule has 0 heterocycles. The third kappa shape index (κ3) is 6.01. The first-order valence-corrected chi connectivity index (χ1v) is 7.19. The molecule has 0 aliphatic carbocycles. The Morgan fingerprint density at radius 2 is 1.76 bits per heavy atom. The summed E-state index contributed by atoms with van der Waals surface area (Å²) in [5.41, 5.74) is 8.77. The van der Waals surface area contributed by atoms with Crippen molar-refractivity contribution in [1.82, 2.24) is 0 Å². The molecule has 1 rings (SSSR count). The Hall–Kier alpha value is -1.14. The van der Waals surface area contributed by atoms with E-state index in [1.165, 1.54) is 0 Å². The van der Waals surface area contributed by atoms with Crippen molar-refractivity contribution in [3.63, 3.8) is 0 Å². The van der Waals surface area contributed by atoms with Gasteiger partial charge in [-0.15, -0.1) is 0 Å². The molecule has 0 fully saturated rings. The first kappa shape index (κ1) is 17.9. The molecule has 3 N–H and O–H groups in total. The van der Waals surface area contributed by atoms with E-state index < -0.39 is 6.10 Å². The number of ether oxygens (including phenoxy) is 3. The largest absolute Gasteiger partial charge is 0.490 e. The summed E-state index contributed by atoms with van der Waals surface area (Å²) >= 11 is 0. The molecule has 2 atom stereocenters. The second kappa shape index (κ2) is 9.00. The molecular formula is C16H27NO4. The summed E-state index contributed by atoms with van der Waals surface area (Å²) < 4.78 is 16.1. The lowest BCUT2D eigenvalue weighted by atomic mass is 10.1. The van der Waals surface area contributed by atoms with Crippen LogP contribution in [0.3, 0.4) is 0 Å². The lowest BCUT2D eigenvalue weighted by molar-refractivity contribution is -0.0424. The average Bonchev–Trinajstić information content (AvgIpc) is 2.44. The molecule has 1 aromatic rings. The van der Waals surface area contributed by atoms with Crippen molar-refractivity contribution < 1.29 is 19.3 Å². The van der Waals surface area contributed by atoms with Gasteiger partial charge < -0.3 is 25.1 Å². The fourth-order valence-corrected chi connectivity index (χ4v) is 2.17. The Bertz CT molecular complexity index is 413. The van der Waals surface area contributed by atoms with Crippen LogP contribution in [-0.2, 0) is 16.0 Å². The molecule has 5 nitrogen and oxygen atoms in total. The lowest BCUT2D eigenvalue weighted by Crippen LogP contribution is -2.27. The Balaban J connectivity index is 2.48. The summed E-state index contributed by atoms with van der Waals surface area (Å²) in [4.78, 5) is 0. The van der Waals surface area contributed by atoms with Crippen molar-refractivity contribution >= 4 is 0 Å². The normalized spacial score (nSPS) is 14.0. The quantitative estimate of drug-likeness (QED) is 0.723. The minimum absolute atomic E-state index is 0.0445. The van der Waals surface area contributed by atoms with Gasteiger partial charge in [-0.25, -0.2) is 0 Å². The van der Waals surface area contributed by atoms with Crippen molar-refractivity contribution in [2.75, 3.05) is 26.9 Å². The minimum Gasteiger partial charge on any atom is -0.490 e. The van der Waals surface area contributed by atoms with E-state index in [1.54, 1.807) is 7.11 Å². The molecule has 0 aliphatic heterocycles. The van der Waals surface area contributed by atoms with Crippen LogP contribution in [0.2, 0.25) is 0 Å². The zero-order valence-electron chi connectivity index (χ0n) is 13.4. The number of aliphatic hydroxyl groups excluding tert-OH is 1. The minimum atomic E-state index is -0.669.